The van der Waals surface area contributed by atoms with Gasteiger partial charge in [-0.2, -0.15) is 4.98 Å². The fraction of sp³-hybridized carbons (Fsp3) is 0.348. The molecule has 0 spiro atoms. The van der Waals surface area contributed by atoms with Gasteiger partial charge in [0, 0.05) is 19.0 Å². The Morgan fingerprint density at radius 1 is 1.13 bits per heavy atom. The summed E-state index contributed by atoms with van der Waals surface area (Å²) in [6.45, 7) is 3.37. The molecule has 0 unspecified atom stereocenters. The van der Waals surface area contributed by atoms with E-state index in [1.54, 1.807) is 12.1 Å². The maximum absolute atomic E-state index is 12.9. The summed E-state index contributed by atoms with van der Waals surface area (Å²) in [6.07, 6.45) is 1.52. The van der Waals surface area contributed by atoms with E-state index >= 15 is 0 Å². The van der Waals surface area contributed by atoms with Gasteiger partial charge in [0.15, 0.2) is 19.0 Å². The predicted octanol–water partition coefficient (Wildman–Crippen LogP) is 3.88. The zero-order chi connectivity index (χ0) is 21.6. The van der Waals surface area contributed by atoms with Gasteiger partial charge in [0.25, 0.3) is 11.8 Å². The SMILES string of the molecule is Cc1cccc(OCC(=O)N2CCC(c3noc(COc4ccc(F)cc4)n3)CC2)c1. The molecule has 0 N–H and O–H groups in total. The average Bonchev–Trinajstić information content (AvgIpc) is 3.26. The van der Waals surface area contributed by atoms with Crippen LogP contribution in [0, 0.1) is 12.7 Å². The number of halogens is 1. The van der Waals surface area contributed by atoms with Gasteiger partial charge in [0.2, 0.25) is 0 Å². The summed E-state index contributed by atoms with van der Waals surface area (Å²) < 4.78 is 29.4. The van der Waals surface area contributed by atoms with Gasteiger partial charge >= 0.3 is 0 Å². The van der Waals surface area contributed by atoms with E-state index < -0.39 is 0 Å². The lowest BCUT2D eigenvalue weighted by Gasteiger charge is -2.30. The number of carbonyl (C=O) groups excluding carboxylic acids is 1. The molecule has 31 heavy (non-hydrogen) atoms. The Bertz CT molecular complexity index is 1010. The number of ether oxygens (including phenoxy) is 2. The van der Waals surface area contributed by atoms with E-state index in [0.29, 0.717) is 36.3 Å². The summed E-state index contributed by atoms with van der Waals surface area (Å²) >= 11 is 0. The molecule has 0 bridgehead atoms. The summed E-state index contributed by atoms with van der Waals surface area (Å²) in [5.41, 5.74) is 1.09. The molecule has 0 saturated carbocycles. The molecule has 1 saturated heterocycles. The molecule has 1 aliphatic rings. The largest absolute Gasteiger partial charge is 0.484 e. The summed E-state index contributed by atoms with van der Waals surface area (Å²) in [5.74, 6) is 2.00. The van der Waals surface area contributed by atoms with Crippen molar-refractivity contribution in [3.8, 4) is 11.5 Å². The van der Waals surface area contributed by atoms with Crippen LogP contribution in [-0.4, -0.2) is 40.6 Å². The number of benzene rings is 2. The van der Waals surface area contributed by atoms with Crippen LogP contribution in [0.2, 0.25) is 0 Å². The molecule has 2 heterocycles. The molecule has 1 aromatic heterocycles. The highest BCUT2D eigenvalue weighted by molar-refractivity contribution is 5.77. The summed E-state index contributed by atoms with van der Waals surface area (Å²) in [6, 6.07) is 13.4. The second-order valence-corrected chi connectivity index (χ2v) is 7.55. The van der Waals surface area contributed by atoms with Crippen molar-refractivity contribution in [3.05, 3.63) is 71.6 Å². The molecule has 3 aromatic rings. The van der Waals surface area contributed by atoms with Gasteiger partial charge in [-0.15, -0.1) is 0 Å². The third kappa shape index (κ3) is 5.59. The van der Waals surface area contributed by atoms with E-state index in [0.717, 1.165) is 18.4 Å². The number of likely N-dealkylation sites (tertiary alicyclic amines) is 1. The molecule has 8 heteroatoms. The Kier molecular flexibility index (Phi) is 6.45. The number of hydrogen-bond acceptors (Lipinski definition) is 6. The van der Waals surface area contributed by atoms with Crippen molar-refractivity contribution in [2.75, 3.05) is 19.7 Å². The molecule has 162 valence electrons. The Balaban J connectivity index is 1.23. The molecular formula is C23H24FN3O4. The van der Waals surface area contributed by atoms with Gasteiger partial charge in [-0.1, -0.05) is 17.3 Å². The molecule has 7 nitrogen and oxygen atoms in total. The van der Waals surface area contributed by atoms with Gasteiger partial charge in [0.1, 0.15) is 17.3 Å². The van der Waals surface area contributed by atoms with E-state index in [4.69, 9.17) is 14.0 Å². The van der Waals surface area contributed by atoms with Crippen molar-refractivity contribution in [2.24, 2.45) is 0 Å². The highest BCUT2D eigenvalue weighted by Crippen LogP contribution is 2.26. The van der Waals surface area contributed by atoms with Gasteiger partial charge in [-0.3, -0.25) is 4.79 Å². The first kappa shape index (κ1) is 20.8. The first-order valence-corrected chi connectivity index (χ1v) is 10.2. The fourth-order valence-corrected chi connectivity index (χ4v) is 3.50. The summed E-state index contributed by atoms with van der Waals surface area (Å²) in [5, 5.41) is 4.07. The van der Waals surface area contributed by atoms with Crippen LogP contribution in [0.25, 0.3) is 0 Å². The van der Waals surface area contributed by atoms with Gasteiger partial charge < -0.3 is 18.9 Å². The van der Waals surface area contributed by atoms with E-state index in [2.05, 4.69) is 10.1 Å². The highest BCUT2D eigenvalue weighted by Gasteiger charge is 2.27. The van der Waals surface area contributed by atoms with Crippen LogP contribution in [0.5, 0.6) is 11.5 Å². The van der Waals surface area contributed by atoms with Crippen molar-refractivity contribution < 1.29 is 23.2 Å². The minimum absolute atomic E-state index is 0.0264. The van der Waals surface area contributed by atoms with Crippen LogP contribution < -0.4 is 9.47 Å². The van der Waals surface area contributed by atoms with Crippen LogP contribution >= 0.6 is 0 Å². The Morgan fingerprint density at radius 3 is 2.65 bits per heavy atom. The summed E-state index contributed by atoms with van der Waals surface area (Å²) in [7, 11) is 0. The topological polar surface area (TPSA) is 77.7 Å². The number of aryl methyl sites for hydroxylation is 1. The van der Waals surface area contributed by atoms with Crippen LogP contribution in [0.15, 0.2) is 53.1 Å². The number of amides is 1. The van der Waals surface area contributed by atoms with E-state index in [-0.39, 0.29) is 30.9 Å². The molecule has 4 rings (SSSR count). The number of aromatic nitrogens is 2. The molecule has 0 atom stereocenters. The third-order valence-electron chi connectivity index (χ3n) is 5.22. The second-order valence-electron chi connectivity index (χ2n) is 7.55. The molecule has 0 aliphatic carbocycles. The minimum atomic E-state index is -0.320. The van der Waals surface area contributed by atoms with Gasteiger partial charge in [-0.25, -0.2) is 4.39 Å². The van der Waals surface area contributed by atoms with E-state index in [1.807, 2.05) is 36.1 Å². The quantitative estimate of drug-likeness (QED) is 0.572. The predicted molar refractivity (Wildman–Crippen MR) is 110 cm³/mol. The van der Waals surface area contributed by atoms with Crippen LogP contribution in [0.3, 0.4) is 0 Å². The number of nitrogens with zero attached hydrogens (tertiary/aromatic N) is 3. The van der Waals surface area contributed by atoms with Crippen molar-refractivity contribution in [3.63, 3.8) is 0 Å². The number of piperidine rings is 1. The van der Waals surface area contributed by atoms with Crippen LogP contribution in [-0.2, 0) is 11.4 Å². The normalized spacial score (nSPS) is 14.5. The molecule has 1 aliphatic heterocycles. The average molecular weight is 425 g/mol. The monoisotopic (exact) mass is 425 g/mol. The zero-order valence-corrected chi connectivity index (χ0v) is 17.3. The lowest BCUT2D eigenvalue weighted by Crippen LogP contribution is -2.40. The van der Waals surface area contributed by atoms with E-state index in [9.17, 15) is 9.18 Å². The van der Waals surface area contributed by atoms with Crippen LogP contribution in [0.4, 0.5) is 4.39 Å². The molecule has 1 fully saturated rings. The summed E-state index contributed by atoms with van der Waals surface area (Å²) in [4.78, 5) is 18.7. The smallest absolute Gasteiger partial charge is 0.264 e. The third-order valence-corrected chi connectivity index (χ3v) is 5.22. The lowest BCUT2D eigenvalue weighted by molar-refractivity contribution is -0.134. The van der Waals surface area contributed by atoms with Crippen molar-refractivity contribution >= 4 is 5.91 Å². The molecule has 2 aromatic carbocycles. The van der Waals surface area contributed by atoms with Crippen molar-refractivity contribution in [1.29, 1.82) is 0 Å². The fourth-order valence-electron chi connectivity index (χ4n) is 3.50. The Morgan fingerprint density at radius 2 is 1.90 bits per heavy atom. The van der Waals surface area contributed by atoms with Crippen molar-refractivity contribution in [2.45, 2.75) is 32.3 Å². The maximum atomic E-state index is 12.9. The number of rotatable bonds is 7. The number of hydrogen-bond donors (Lipinski definition) is 0. The van der Waals surface area contributed by atoms with Gasteiger partial charge in [-0.05, 0) is 61.7 Å². The Hall–Kier alpha value is -3.42. The highest BCUT2D eigenvalue weighted by atomic mass is 19.1. The first-order valence-electron chi connectivity index (χ1n) is 10.2. The first-order chi connectivity index (χ1) is 15.1. The maximum Gasteiger partial charge on any atom is 0.264 e. The van der Waals surface area contributed by atoms with Crippen LogP contribution in [0.1, 0.15) is 36.0 Å². The minimum Gasteiger partial charge on any atom is -0.484 e. The number of carbonyl (C=O) groups is 1. The lowest BCUT2D eigenvalue weighted by atomic mass is 9.96. The molecular weight excluding hydrogens is 401 g/mol. The molecule has 0 radical (unpaired) electrons. The van der Waals surface area contributed by atoms with E-state index in [1.165, 1.54) is 12.1 Å². The van der Waals surface area contributed by atoms with Crippen molar-refractivity contribution in [1.82, 2.24) is 15.0 Å². The Labute approximate surface area is 179 Å². The second kappa shape index (κ2) is 9.59. The zero-order valence-electron chi connectivity index (χ0n) is 17.3. The standard InChI is InChI=1S/C23H24FN3O4/c1-16-3-2-4-20(13-16)30-15-22(28)27-11-9-17(10-12-27)23-25-21(31-26-23)14-29-19-7-5-18(24)6-8-19/h2-8,13,17H,9-12,14-15H2,1H3. The van der Waals surface area contributed by atoms with Gasteiger partial charge in [0.05, 0.1) is 0 Å². The molecule has 1 amide bonds.